The summed E-state index contributed by atoms with van der Waals surface area (Å²) in [6.45, 7) is 0.0924. The van der Waals surface area contributed by atoms with Crippen molar-refractivity contribution in [3.05, 3.63) is 48.1 Å². The van der Waals surface area contributed by atoms with Crippen molar-refractivity contribution in [3.8, 4) is 0 Å². The predicted molar refractivity (Wildman–Crippen MR) is 113 cm³/mol. The first-order valence-electron chi connectivity index (χ1n) is 10.8. The highest BCUT2D eigenvalue weighted by Gasteiger charge is 2.44. The van der Waals surface area contributed by atoms with Crippen LogP contribution in [0.1, 0.15) is 31.4 Å². The molecule has 0 saturated carbocycles. The van der Waals surface area contributed by atoms with E-state index in [4.69, 9.17) is 0 Å². The first kappa shape index (κ1) is 20.7. The van der Waals surface area contributed by atoms with Gasteiger partial charge in [-0.25, -0.2) is 4.98 Å². The fourth-order valence-electron chi connectivity index (χ4n) is 4.56. The van der Waals surface area contributed by atoms with Crippen LogP contribution < -0.4 is 0 Å². The zero-order chi connectivity index (χ0) is 22.3. The van der Waals surface area contributed by atoms with E-state index in [1.807, 2.05) is 18.2 Å². The van der Waals surface area contributed by atoms with Gasteiger partial charge in [0.15, 0.2) is 0 Å². The van der Waals surface area contributed by atoms with Crippen molar-refractivity contribution in [2.24, 2.45) is 16.0 Å². The fraction of sp³-hybridized carbons (Fsp3) is 0.455. The third-order valence-electron chi connectivity index (χ3n) is 6.10. The Hall–Kier alpha value is -3.17. The molecule has 2 unspecified atom stereocenters. The summed E-state index contributed by atoms with van der Waals surface area (Å²) in [5.74, 6) is -0.727. The molecule has 1 amide bonds. The quantitative estimate of drug-likeness (QED) is 0.730. The number of nitrogens with zero attached hydrogens (tertiary/aromatic N) is 6. The standard InChI is InChI=1S/C22H23F3N6O/c23-22(24,25)14-31-17-11-16(21(32)29-8-4-1-2-5-9-29)26-12-15(17)20(28-31)18-13-27-19-7-3-6-10-30(18)19/h3,6-7,10-13,15,17H,1-2,4-5,8-9,14H2. The van der Waals surface area contributed by atoms with Gasteiger partial charge in [0.2, 0.25) is 0 Å². The number of carbonyl (C=O) groups is 1. The lowest BCUT2D eigenvalue weighted by Gasteiger charge is -2.28. The van der Waals surface area contributed by atoms with Gasteiger partial charge in [0, 0.05) is 25.5 Å². The Balaban J connectivity index is 1.48. The molecule has 2 atom stereocenters. The molecule has 7 nitrogen and oxygen atoms in total. The van der Waals surface area contributed by atoms with Gasteiger partial charge in [-0.15, -0.1) is 0 Å². The van der Waals surface area contributed by atoms with Crippen LogP contribution in [0.3, 0.4) is 0 Å². The normalized spacial score (nSPS) is 23.7. The Bertz CT molecular complexity index is 1110. The molecule has 3 aliphatic rings. The molecule has 1 saturated heterocycles. The minimum Gasteiger partial charge on any atom is -0.337 e. The lowest BCUT2D eigenvalue weighted by molar-refractivity contribution is -0.148. The number of aliphatic imine (C=N–C) groups is 1. The molecule has 3 aliphatic heterocycles. The van der Waals surface area contributed by atoms with Crippen LogP contribution >= 0.6 is 0 Å². The summed E-state index contributed by atoms with van der Waals surface area (Å²) in [7, 11) is 0. The Morgan fingerprint density at radius 3 is 2.66 bits per heavy atom. The molecule has 0 bridgehead atoms. The average Bonchev–Trinajstić information content (AvgIpc) is 3.21. The van der Waals surface area contributed by atoms with Gasteiger partial charge in [-0.3, -0.25) is 19.2 Å². The number of aromatic nitrogens is 2. The molecule has 0 aromatic carbocycles. The molecule has 32 heavy (non-hydrogen) atoms. The summed E-state index contributed by atoms with van der Waals surface area (Å²) >= 11 is 0. The minimum atomic E-state index is -4.43. The van der Waals surface area contributed by atoms with E-state index in [2.05, 4.69) is 15.1 Å². The van der Waals surface area contributed by atoms with Gasteiger partial charge in [-0.05, 0) is 31.1 Å². The van der Waals surface area contributed by atoms with Crippen molar-refractivity contribution in [1.29, 1.82) is 0 Å². The number of hydrogen-bond acceptors (Lipinski definition) is 5. The summed E-state index contributed by atoms with van der Waals surface area (Å²) in [6.07, 6.45) is 6.09. The Morgan fingerprint density at radius 1 is 1.12 bits per heavy atom. The van der Waals surface area contributed by atoms with Gasteiger partial charge < -0.3 is 4.90 Å². The van der Waals surface area contributed by atoms with E-state index in [1.165, 1.54) is 0 Å². The van der Waals surface area contributed by atoms with Crippen molar-refractivity contribution >= 4 is 23.5 Å². The molecule has 2 aromatic heterocycles. The molecule has 0 aliphatic carbocycles. The maximum Gasteiger partial charge on any atom is 0.407 e. The van der Waals surface area contributed by atoms with E-state index in [1.54, 1.807) is 34.0 Å². The monoisotopic (exact) mass is 444 g/mol. The second-order valence-electron chi connectivity index (χ2n) is 8.32. The number of pyridine rings is 1. The van der Waals surface area contributed by atoms with Crippen molar-refractivity contribution in [3.63, 3.8) is 0 Å². The van der Waals surface area contributed by atoms with Crippen molar-refractivity contribution in [2.75, 3.05) is 19.6 Å². The number of hydrazone groups is 1. The first-order valence-corrected chi connectivity index (χ1v) is 10.8. The molecule has 168 valence electrons. The largest absolute Gasteiger partial charge is 0.407 e. The van der Waals surface area contributed by atoms with Crippen LogP contribution in [0.4, 0.5) is 13.2 Å². The number of carbonyl (C=O) groups excluding carboxylic acids is 1. The van der Waals surface area contributed by atoms with Gasteiger partial charge in [0.1, 0.15) is 17.9 Å². The number of alkyl halides is 3. The average molecular weight is 444 g/mol. The Morgan fingerprint density at radius 2 is 1.91 bits per heavy atom. The highest BCUT2D eigenvalue weighted by molar-refractivity contribution is 6.12. The van der Waals surface area contributed by atoms with Gasteiger partial charge in [-0.1, -0.05) is 18.9 Å². The summed E-state index contributed by atoms with van der Waals surface area (Å²) in [4.78, 5) is 23.5. The number of fused-ring (bicyclic) bond motifs is 2. The van der Waals surface area contributed by atoms with Crippen molar-refractivity contribution < 1.29 is 18.0 Å². The second-order valence-corrected chi connectivity index (χ2v) is 8.32. The number of imidazole rings is 1. The summed E-state index contributed by atoms with van der Waals surface area (Å²) in [5, 5.41) is 5.36. The minimum absolute atomic E-state index is 0.190. The van der Waals surface area contributed by atoms with Crippen LogP contribution in [0, 0.1) is 5.92 Å². The SMILES string of the molecule is O=C(C1=CC2C(C=N1)C(c1cnc3ccccn13)=NN2CC(F)(F)F)N1CCCCCC1. The maximum atomic E-state index is 13.3. The molecule has 0 radical (unpaired) electrons. The number of amides is 1. The zero-order valence-corrected chi connectivity index (χ0v) is 17.4. The molecule has 2 aromatic rings. The molecule has 1 fully saturated rings. The molecule has 0 spiro atoms. The molecule has 5 heterocycles. The van der Waals surface area contributed by atoms with Crippen LogP contribution in [-0.4, -0.2) is 69.0 Å². The number of hydrogen-bond donors (Lipinski definition) is 0. The van der Waals surface area contributed by atoms with Gasteiger partial charge in [0.05, 0.1) is 29.6 Å². The van der Waals surface area contributed by atoms with Crippen molar-refractivity contribution in [2.45, 2.75) is 37.9 Å². The van der Waals surface area contributed by atoms with Crippen LogP contribution in [0.15, 0.2) is 52.5 Å². The highest BCUT2D eigenvalue weighted by Crippen LogP contribution is 2.33. The Kier molecular flexibility index (Phi) is 5.22. The Labute approximate surface area is 182 Å². The molecular weight excluding hydrogens is 421 g/mol. The molecule has 10 heteroatoms. The van der Waals surface area contributed by atoms with E-state index in [0.29, 0.717) is 30.1 Å². The smallest absolute Gasteiger partial charge is 0.337 e. The van der Waals surface area contributed by atoms with E-state index in [9.17, 15) is 18.0 Å². The molecule has 5 rings (SSSR count). The zero-order valence-electron chi connectivity index (χ0n) is 17.4. The van der Waals surface area contributed by atoms with E-state index < -0.39 is 24.7 Å². The van der Waals surface area contributed by atoms with Crippen LogP contribution in [-0.2, 0) is 4.79 Å². The van der Waals surface area contributed by atoms with Crippen LogP contribution in [0.5, 0.6) is 0 Å². The lowest BCUT2D eigenvalue weighted by Crippen LogP contribution is -2.41. The van der Waals surface area contributed by atoms with Crippen LogP contribution in [0.2, 0.25) is 0 Å². The lowest BCUT2D eigenvalue weighted by atomic mass is 9.92. The number of likely N-dealkylation sites (tertiary alicyclic amines) is 1. The van der Waals surface area contributed by atoms with Crippen molar-refractivity contribution in [1.82, 2.24) is 19.3 Å². The third-order valence-corrected chi connectivity index (χ3v) is 6.10. The number of halogens is 3. The molecule has 0 N–H and O–H groups in total. The predicted octanol–water partition coefficient (Wildman–Crippen LogP) is 3.27. The van der Waals surface area contributed by atoms with Gasteiger partial charge in [0.25, 0.3) is 5.91 Å². The van der Waals surface area contributed by atoms with E-state index in [-0.39, 0.29) is 11.6 Å². The summed E-state index contributed by atoms with van der Waals surface area (Å²) in [6, 6.07) is 4.75. The van der Waals surface area contributed by atoms with Crippen LogP contribution in [0.25, 0.3) is 5.65 Å². The number of rotatable bonds is 3. The summed E-state index contributed by atoms with van der Waals surface area (Å²) < 4.78 is 41.8. The molecular formula is C22H23F3N6O. The topological polar surface area (TPSA) is 65.6 Å². The maximum absolute atomic E-state index is 13.3. The van der Waals surface area contributed by atoms with Gasteiger partial charge in [-0.2, -0.15) is 18.3 Å². The fourth-order valence-corrected chi connectivity index (χ4v) is 4.56. The van der Waals surface area contributed by atoms with E-state index in [0.717, 1.165) is 30.7 Å². The first-order chi connectivity index (χ1) is 15.4. The van der Waals surface area contributed by atoms with E-state index >= 15 is 0 Å². The second kappa shape index (κ2) is 8.07. The highest BCUT2D eigenvalue weighted by atomic mass is 19.4. The third kappa shape index (κ3) is 3.89. The summed E-state index contributed by atoms with van der Waals surface area (Å²) in [5.41, 5.74) is 1.94. The van der Waals surface area contributed by atoms with Gasteiger partial charge >= 0.3 is 6.18 Å².